The highest BCUT2D eigenvalue weighted by molar-refractivity contribution is 5.68. The van der Waals surface area contributed by atoms with Crippen LogP contribution < -0.4 is 0 Å². The highest BCUT2D eigenvalue weighted by Crippen LogP contribution is 2.46. The third kappa shape index (κ3) is 6.95. The minimum atomic E-state index is -0.791. The first kappa shape index (κ1) is 20.2. The fraction of sp³-hybridized carbons (Fsp3) is 0.762. The van der Waals surface area contributed by atoms with E-state index in [-0.39, 0.29) is 6.42 Å². The van der Waals surface area contributed by atoms with E-state index < -0.39 is 5.97 Å². The largest absolute Gasteiger partial charge is 0.481 e. The summed E-state index contributed by atoms with van der Waals surface area (Å²) in [6.07, 6.45) is 18.1. The van der Waals surface area contributed by atoms with Crippen molar-refractivity contribution in [2.75, 3.05) is 13.2 Å². The van der Waals surface area contributed by atoms with Gasteiger partial charge in [-0.15, -0.1) is 0 Å². The second-order valence-corrected chi connectivity index (χ2v) is 7.27. The maximum atomic E-state index is 10.5. The number of carbonyl (C=O) groups is 1. The molecule has 0 aromatic heterocycles. The Hall–Kier alpha value is -1.13. The van der Waals surface area contributed by atoms with Crippen LogP contribution in [0.25, 0.3) is 0 Å². The molecular formula is C21H34O4. The molecule has 4 nitrogen and oxygen atoms in total. The molecule has 0 unspecified atom stereocenters. The summed E-state index contributed by atoms with van der Waals surface area (Å²) in [6, 6.07) is 0. The normalized spacial score (nSPS) is 28.5. The molecule has 0 radical (unpaired) electrons. The first-order chi connectivity index (χ1) is 12.2. The predicted octanol–water partition coefficient (Wildman–Crippen LogP) is 4.74. The molecule has 2 aliphatic rings. The number of unbranched alkanes of at least 4 members (excludes halogenated alkanes) is 3. The zero-order valence-corrected chi connectivity index (χ0v) is 15.6. The van der Waals surface area contributed by atoms with Gasteiger partial charge in [-0.2, -0.15) is 0 Å². The number of hydrogen-bond donors (Lipinski definition) is 1. The smallest absolute Gasteiger partial charge is 0.307 e. The lowest BCUT2D eigenvalue weighted by Gasteiger charge is -2.27. The molecule has 0 spiro atoms. The van der Waals surface area contributed by atoms with E-state index in [9.17, 15) is 4.79 Å². The zero-order valence-electron chi connectivity index (χ0n) is 15.6. The Morgan fingerprint density at radius 1 is 1.08 bits per heavy atom. The minimum Gasteiger partial charge on any atom is -0.481 e. The predicted molar refractivity (Wildman–Crippen MR) is 99.6 cm³/mol. The molecule has 4 heteroatoms. The van der Waals surface area contributed by atoms with E-state index in [4.69, 9.17) is 14.6 Å². The van der Waals surface area contributed by atoms with Crippen molar-refractivity contribution >= 4 is 5.97 Å². The van der Waals surface area contributed by atoms with E-state index in [0.717, 1.165) is 26.1 Å². The molecule has 0 amide bonds. The highest BCUT2D eigenvalue weighted by atomic mass is 16.5. The summed E-state index contributed by atoms with van der Waals surface area (Å²) in [6.45, 7) is 3.97. The van der Waals surface area contributed by atoms with Crippen LogP contribution in [-0.4, -0.2) is 36.5 Å². The molecule has 142 valence electrons. The quantitative estimate of drug-likeness (QED) is 0.385. The van der Waals surface area contributed by atoms with Gasteiger partial charge in [-0.1, -0.05) is 50.5 Å². The maximum absolute atomic E-state index is 10.5. The summed E-state index contributed by atoms with van der Waals surface area (Å²) in [5.41, 5.74) is 0. The van der Waals surface area contributed by atoms with E-state index in [0.29, 0.717) is 24.0 Å². The summed E-state index contributed by atoms with van der Waals surface area (Å²) in [4.78, 5) is 10.5. The Kier molecular flexibility index (Phi) is 9.27. The zero-order chi connectivity index (χ0) is 17.9. The van der Waals surface area contributed by atoms with Crippen LogP contribution in [0.1, 0.15) is 64.7 Å². The number of fused-ring (bicyclic) bond motifs is 2. The monoisotopic (exact) mass is 350 g/mol. The Bertz CT molecular complexity index is 443. The topological polar surface area (TPSA) is 55.8 Å². The van der Waals surface area contributed by atoms with Crippen LogP contribution >= 0.6 is 0 Å². The lowest BCUT2D eigenvalue weighted by molar-refractivity contribution is -0.136. The lowest BCUT2D eigenvalue weighted by atomic mass is 9.76. The van der Waals surface area contributed by atoms with E-state index in [2.05, 4.69) is 13.0 Å². The standard InChI is InChI=1S/C21H34O4/c1-2-3-4-9-15-24-16-14-18-17(19-12-13-20(18)25-19)10-7-5-6-8-11-21(22)23/h5-8,17-20H,2-4,9-16H2,1H3,(H,22,23)/b7-5-,8-6?/t17-,18+,19-,20+/m0/s1. The fourth-order valence-electron chi connectivity index (χ4n) is 4.11. The van der Waals surface area contributed by atoms with Gasteiger partial charge in [-0.05, 0) is 43.9 Å². The Balaban J connectivity index is 1.67. The molecule has 4 atom stereocenters. The van der Waals surface area contributed by atoms with Crippen LogP contribution in [0.15, 0.2) is 24.3 Å². The van der Waals surface area contributed by atoms with E-state index in [1.54, 1.807) is 6.08 Å². The number of hydrogen-bond acceptors (Lipinski definition) is 3. The van der Waals surface area contributed by atoms with Crippen LogP contribution in [-0.2, 0) is 14.3 Å². The van der Waals surface area contributed by atoms with Crippen molar-refractivity contribution in [1.82, 2.24) is 0 Å². The number of carboxylic acids is 1. The van der Waals surface area contributed by atoms with Crippen molar-refractivity contribution in [3.8, 4) is 0 Å². The molecular weight excluding hydrogens is 316 g/mol. The van der Waals surface area contributed by atoms with Crippen LogP contribution in [0.2, 0.25) is 0 Å². The van der Waals surface area contributed by atoms with Crippen molar-refractivity contribution in [2.45, 2.75) is 76.9 Å². The summed E-state index contributed by atoms with van der Waals surface area (Å²) in [7, 11) is 0. The van der Waals surface area contributed by atoms with Crippen molar-refractivity contribution in [2.24, 2.45) is 11.8 Å². The van der Waals surface area contributed by atoms with Crippen LogP contribution in [0.4, 0.5) is 0 Å². The number of allylic oxidation sites excluding steroid dienone is 3. The molecule has 0 aromatic rings. The van der Waals surface area contributed by atoms with Crippen molar-refractivity contribution in [1.29, 1.82) is 0 Å². The Morgan fingerprint density at radius 2 is 1.84 bits per heavy atom. The van der Waals surface area contributed by atoms with Crippen LogP contribution in [0.3, 0.4) is 0 Å². The summed E-state index contributed by atoms with van der Waals surface area (Å²) < 4.78 is 12.0. The number of rotatable bonds is 13. The molecule has 0 aliphatic carbocycles. The molecule has 0 aromatic carbocycles. The van der Waals surface area contributed by atoms with Gasteiger partial charge in [0.05, 0.1) is 18.6 Å². The molecule has 25 heavy (non-hydrogen) atoms. The van der Waals surface area contributed by atoms with E-state index in [1.807, 2.05) is 12.2 Å². The first-order valence-corrected chi connectivity index (χ1v) is 9.99. The van der Waals surface area contributed by atoms with Gasteiger partial charge in [0.1, 0.15) is 0 Å². The molecule has 2 aliphatic heterocycles. The molecule has 1 N–H and O–H groups in total. The first-order valence-electron chi connectivity index (χ1n) is 9.99. The van der Waals surface area contributed by atoms with Gasteiger partial charge in [-0.25, -0.2) is 0 Å². The second kappa shape index (κ2) is 11.5. The minimum absolute atomic E-state index is 0.0831. The lowest BCUT2D eigenvalue weighted by Crippen LogP contribution is -2.28. The maximum Gasteiger partial charge on any atom is 0.307 e. The molecule has 2 rings (SSSR count). The van der Waals surface area contributed by atoms with Gasteiger partial charge < -0.3 is 14.6 Å². The average Bonchev–Trinajstić information content (AvgIpc) is 3.19. The third-order valence-electron chi connectivity index (χ3n) is 5.41. The Morgan fingerprint density at radius 3 is 2.60 bits per heavy atom. The van der Waals surface area contributed by atoms with Gasteiger partial charge in [-0.3, -0.25) is 4.79 Å². The second-order valence-electron chi connectivity index (χ2n) is 7.27. The van der Waals surface area contributed by atoms with Crippen molar-refractivity contribution in [3.63, 3.8) is 0 Å². The summed E-state index contributed by atoms with van der Waals surface area (Å²) >= 11 is 0. The van der Waals surface area contributed by atoms with Gasteiger partial charge in [0.15, 0.2) is 0 Å². The van der Waals surface area contributed by atoms with E-state index in [1.165, 1.54) is 38.5 Å². The number of aliphatic carboxylic acids is 1. The SMILES string of the molecule is CCCCCCOCC[C@@H]1[C@H](C/C=C\C=CCC(=O)O)[C@@H]2CC[C@H]1O2. The summed E-state index contributed by atoms with van der Waals surface area (Å²) in [5.74, 6) is 0.412. The van der Waals surface area contributed by atoms with Gasteiger partial charge in [0, 0.05) is 13.2 Å². The number of ether oxygens (including phenoxy) is 2. The highest BCUT2D eigenvalue weighted by Gasteiger charge is 2.47. The van der Waals surface area contributed by atoms with Gasteiger partial charge >= 0.3 is 5.97 Å². The molecule has 2 saturated heterocycles. The molecule has 2 bridgehead atoms. The van der Waals surface area contributed by atoms with E-state index >= 15 is 0 Å². The fourth-order valence-corrected chi connectivity index (χ4v) is 4.11. The van der Waals surface area contributed by atoms with Crippen LogP contribution in [0, 0.1) is 11.8 Å². The molecule has 2 heterocycles. The third-order valence-corrected chi connectivity index (χ3v) is 5.41. The number of carboxylic acid groups (broad SMARTS) is 1. The van der Waals surface area contributed by atoms with Crippen molar-refractivity contribution in [3.05, 3.63) is 24.3 Å². The van der Waals surface area contributed by atoms with Crippen molar-refractivity contribution < 1.29 is 19.4 Å². The average molecular weight is 350 g/mol. The van der Waals surface area contributed by atoms with Gasteiger partial charge in [0.2, 0.25) is 0 Å². The molecule has 0 saturated carbocycles. The molecule has 2 fully saturated rings. The summed E-state index contributed by atoms with van der Waals surface area (Å²) in [5, 5.41) is 8.61. The van der Waals surface area contributed by atoms with Crippen LogP contribution in [0.5, 0.6) is 0 Å². The van der Waals surface area contributed by atoms with Gasteiger partial charge in [0.25, 0.3) is 0 Å². The Labute approximate surface area is 152 Å².